The van der Waals surface area contributed by atoms with Crippen LogP contribution >= 0.6 is 0 Å². The fraction of sp³-hybridized carbons (Fsp3) is 0.150. The number of benzene rings is 1. The summed E-state index contributed by atoms with van der Waals surface area (Å²) in [6.45, 7) is 3.40. The summed E-state index contributed by atoms with van der Waals surface area (Å²) in [6, 6.07) is 12.9. The highest BCUT2D eigenvalue weighted by Gasteiger charge is 2.21. The summed E-state index contributed by atoms with van der Waals surface area (Å²) in [7, 11) is 0. The average molecular weight is 360 g/mol. The summed E-state index contributed by atoms with van der Waals surface area (Å²) in [5, 5.41) is 4.44. The molecule has 0 radical (unpaired) electrons. The summed E-state index contributed by atoms with van der Waals surface area (Å²) in [5.74, 6) is 0.267. The zero-order chi connectivity index (χ0) is 18.8. The minimum Gasteiger partial charge on any atom is -0.449 e. The van der Waals surface area contributed by atoms with Crippen molar-refractivity contribution in [3.63, 3.8) is 0 Å². The predicted molar refractivity (Wildman–Crippen MR) is 97.8 cm³/mol. The SMILES string of the molecule is Cc1noc(C(C)OC(=O)c2cc(-c3ccncc3)nc3ccccc23)n1. The van der Waals surface area contributed by atoms with Gasteiger partial charge in [-0.15, -0.1) is 0 Å². The predicted octanol–water partition coefficient (Wildman–Crippen LogP) is 3.91. The van der Waals surface area contributed by atoms with E-state index in [1.807, 2.05) is 36.4 Å². The van der Waals surface area contributed by atoms with E-state index in [4.69, 9.17) is 9.26 Å². The average Bonchev–Trinajstić information content (AvgIpc) is 3.14. The second-order valence-corrected chi connectivity index (χ2v) is 6.04. The van der Waals surface area contributed by atoms with Crippen molar-refractivity contribution in [2.24, 2.45) is 0 Å². The monoisotopic (exact) mass is 360 g/mol. The zero-order valence-corrected chi connectivity index (χ0v) is 14.8. The smallest absolute Gasteiger partial charge is 0.339 e. The molecule has 0 aliphatic heterocycles. The number of para-hydroxylation sites is 1. The first-order valence-electron chi connectivity index (χ1n) is 8.43. The Morgan fingerprint density at radius 1 is 1.11 bits per heavy atom. The van der Waals surface area contributed by atoms with Gasteiger partial charge < -0.3 is 9.26 Å². The summed E-state index contributed by atoms with van der Waals surface area (Å²) in [6.07, 6.45) is 2.71. The molecule has 0 amide bonds. The number of rotatable bonds is 4. The van der Waals surface area contributed by atoms with Crippen molar-refractivity contribution in [3.8, 4) is 11.3 Å². The van der Waals surface area contributed by atoms with Gasteiger partial charge in [0, 0.05) is 23.3 Å². The third kappa shape index (κ3) is 3.39. The van der Waals surface area contributed by atoms with Gasteiger partial charge in [0.1, 0.15) is 0 Å². The number of hydrogen-bond acceptors (Lipinski definition) is 7. The van der Waals surface area contributed by atoms with Gasteiger partial charge in [0.15, 0.2) is 11.9 Å². The Balaban J connectivity index is 1.74. The first kappa shape index (κ1) is 16.8. The first-order valence-corrected chi connectivity index (χ1v) is 8.43. The van der Waals surface area contributed by atoms with E-state index in [2.05, 4.69) is 20.1 Å². The van der Waals surface area contributed by atoms with Gasteiger partial charge in [-0.2, -0.15) is 4.98 Å². The minimum absolute atomic E-state index is 0.258. The summed E-state index contributed by atoms with van der Waals surface area (Å²) in [5.41, 5.74) is 2.67. The number of pyridine rings is 2. The van der Waals surface area contributed by atoms with E-state index in [0.717, 1.165) is 5.56 Å². The highest BCUT2D eigenvalue weighted by molar-refractivity contribution is 6.04. The van der Waals surface area contributed by atoms with Crippen molar-refractivity contribution in [3.05, 3.63) is 72.1 Å². The lowest BCUT2D eigenvalue weighted by Crippen LogP contribution is -2.11. The lowest BCUT2D eigenvalue weighted by Gasteiger charge is -2.12. The largest absolute Gasteiger partial charge is 0.449 e. The fourth-order valence-electron chi connectivity index (χ4n) is 2.77. The number of fused-ring (bicyclic) bond motifs is 1. The van der Waals surface area contributed by atoms with Crippen LogP contribution in [0.4, 0.5) is 0 Å². The van der Waals surface area contributed by atoms with E-state index in [9.17, 15) is 4.79 Å². The molecule has 4 aromatic rings. The lowest BCUT2D eigenvalue weighted by molar-refractivity contribution is 0.0267. The van der Waals surface area contributed by atoms with Crippen LogP contribution in [0.1, 0.15) is 35.1 Å². The van der Waals surface area contributed by atoms with Crippen molar-refractivity contribution in [1.82, 2.24) is 20.1 Å². The molecule has 1 aromatic carbocycles. The summed E-state index contributed by atoms with van der Waals surface area (Å²) < 4.78 is 10.6. The second kappa shape index (κ2) is 6.95. The lowest BCUT2D eigenvalue weighted by atomic mass is 10.0. The molecule has 27 heavy (non-hydrogen) atoms. The van der Waals surface area contributed by atoms with Crippen molar-refractivity contribution < 1.29 is 14.1 Å². The normalized spacial score (nSPS) is 12.1. The van der Waals surface area contributed by atoms with E-state index in [-0.39, 0.29) is 5.89 Å². The van der Waals surface area contributed by atoms with Crippen molar-refractivity contribution in [1.29, 1.82) is 0 Å². The Hall–Kier alpha value is -3.61. The molecule has 4 rings (SSSR count). The molecule has 0 N–H and O–H groups in total. The third-order valence-corrected chi connectivity index (χ3v) is 4.09. The fourth-order valence-corrected chi connectivity index (χ4v) is 2.77. The molecule has 3 heterocycles. The van der Waals surface area contributed by atoms with Crippen LogP contribution in [0, 0.1) is 6.92 Å². The number of hydrogen-bond donors (Lipinski definition) is 0. The Morgan fingerprint density at radius 3 is 2.63 bits per heavy atom. The van der Waals surface area contributed by atoms with Gasteiger partial charge in [-0.25, -0.2) is 9.78 Å². The van der Waals surface area contributed by atoms with Crippen LogP contribution in [0.5, 0.6) is 0 Å². The van der Waals surface area contributed by atoms with Crippen LogP contribution in [0.15, 0.2) is 59.4 Å². The molecule has 1 unspecified atom stereocenters. The summed E-state index contributed by atoms with van der Waals surface area (Å²) in [4.78, 5) is 25.7. The molecular formula is C20H16N4O3. The molecule has 0 bridgehead atoms. The first-order chi connectivity index (χ1) is 13.1. The topological polar surface area (TPSA) is 91.0 Å². The Kier molecular flexibility index (Phi) is 4.33. The van der Waals surface area contributed by atoms with Crippen LogP contribution < -0.4 is 0 Å². The molecule has 0 spiro atoms. The van der Waals surface area contributed by atoms with Gasteiger partial charge in [-0.05, 0) is 38.1 Å². The van der Waals surface area contributed by atoms with Gasteiger partial charge in [0.25, 0.3) is 5.89 Å². The molecule has 0 aliphatic carbocycles. The van der Waals surface area contributed by atoms with Crippen LogP contribution in [0.2, 0.25) is 0 Å². The zero-order valence-electron chi connectivity index (χ0n) is 14.8. The van der Waals surface area contributed by atoms with Gasteiger partial charge in [0.05, 0.1) is 16.8 Å². The maximum atomic E-state index is 12.9. The number of aromatic nitrogens is 4. The maximum Gasteiger partial charge on any atom is 0.339 e. The van der Waals surface area contributed by atoms with Crippen LogP contribution in [-0.4, -0.2) is 26.1 Å². The van der Waals surface area contributed by atoms with E-state index in [1.54, 1.807) is 32.3 Å². The molecule has 0 saturated heterocycles. The number of esters is 1. The molecule has 3 aromatic heterocycles. The van der Waals surface area contributed by atoms with E-state index in [0.29, 0.717) is 28.0 Å². The van der Waals surface area contributed by atoms with Gasteiger partial charge >= 0.3 is 5.97 Å². The molecule has 0 fully saturated rings. The molecular weight excluding hydrogens is 344 g/mol. The Morgan fingerprint density at radius 2 is 1.89 bits per heavy atom. The molecule has 0 saturated carbocycles. The standard InChI is InChI=1S/C20H16N4O3/c1-12(19-22-13(2)24-27-19)26-20(25)16-11-18(14-7-9-21-10-8-14)23-17-6-4-3-5-15(16)17/h3-12H,1-2H3. The van der Waals surface area contributed by atoms with E-state index < -0.39 is 12.1 Å². The molecule has 7 nitrogen and oxygen atoms in total. The highest BCUT2D eigenvalue weighted by atomic mass is 16.6. The number of nitrogens with zero attached hydrogens (tertiary/aromatic N) is 4. The minimum atomic E-state index is -0.657. The maximum absolute atomic E-state index is 12.9. The number of ether oxygens (including phenoxy) is 1. The van der Waals surface area contributed by atoms with Crippen LogP contribution in [0.3, 0.4) is 0 Å². The molecule has 134 valence electrons. The van der Waals surface area contributed by atoms with Crippen molar-refractivity contribution in [2.75, 3.05) is 0 Å². The van der Waals surface area contributed by atoms with Crippen molar-refractivity contribution >= 4 is 16.9 Å². The van der Waals surface area contributed by atoms with Crippen LogP contribution in [-0.2, 0) is 4.74 Å². The third-order valence-electron chi connectivity index (χ3n) is 4.09. The van der Waals surface area contributed by atoms with Gasteiger partial charge in [-0.3, -0.25) is 4.98 Å². The summed E-state index contributed by atoms with van der Waals surface area (Å²) >= 11 is 0. The van der Waals surface area contributed by atoms with E-state index >= 15 is 0 Å². The van der Waals surface area contributed by atoms with Gasteiger partial charge in [0.2, 0.25) is 0 Å². The van der Waals surface area contributed by atoms with E-state index in [1.165, 1.54) is 0 Å². The second-order valence-electron chi connectivity index (χ2n) is 6.04. The van der Waals surface area contributed by atoms with Crippen LogP contribution in [0.25, 0.3) is 22.2 Å². The Labute approximate surface area is 155 Å². The van der Waals surface area contributed by atoms with Crippen molar-refractivity contribution in [2.45, 2.75) is 20.0 Å². The Bertz CT molecular complexity index is 1110. The molecule has 7 heteroatoms. The molecule has 0 aliphatic rings. The highest BCUT2D eigenvalue weighted by Crippen LogP contribution is 2.26. The number of aryl methyl sites for hydroxylation is 1. The number of carbonyl (C=O) groups excluding carboxylic acids is 1. The molecule has 1 atom stereocenters. The quantitative estimate of drug-likeness (QED) is 0.510. The van der Waals surface area contributed by atoms with Gasteiger partial charge in [-0.1, -0.05) is 23.4 Å². The number of carbonyl (C=O) groups is 1.